The normalized spacial score (nSPS) is 18.4. The van der Waals surface area contributed by atoms with Gasteiger partial charge in [0.15, 0.2) is 0 Å². The van der Waals surface area contributed by atoms with E-state index in [2.05, 4.69) is 34.9 Å². The zero-order valence-corrected chi connectivity index (χ0v) is 12.0. The lowest BCUT2D eigenvalue weighted by Crippen LogP contribution is -2.40. The first-order chi connectivity index (χ1) is 8.86. The van der Waals surface area contributed by atoms with Crippen LogP contribution >= 0.6 is 12.4 Å². The van der Waals surface area contributed by atoms with Gasteiger partial charge in [-0.3, -0.25) is 4.79 Å². The Bertz CT molecular complexity index is 364. The van der Waals surface area contributed by atoms with E-state index in [-0.39, 0.29) is 24.2 Å². The number of carbonyl (C=O) groups excluding carboxylic acids is 1. The average Bonchev–Trinajstić information content (AvgIpc) is 2.45. The first kappa shape index (κ1) is 16.0. The number of amides is 1. The van der Waals surface area contributed by atoms with Crippen molar-refractivity contribution in [3.05, 3.63) is 35.9 Å². The average molecular weight is 283 g/mol. The quantitative estimate of drug-likeness (QED) is 0.813. The Morgan fingerprint density at radius 3 is 2.79 bits per heavy atom. The van der Waals surface area contributed by atoms with E-state index in [0.29, 0.717) is 0 Å². The van der Waals surface area contributed by atoms with Gasteiger partial charge in [0.1, 0.15) is 0 Å². The second kappa shape index (κ2) is 8.94. The van der Waals surface area contributed by atoms with Crippen LogP contribution in [0.5, 0.6) is 0 Å². The standard InChI is InChI=1S/C15H22N2O.ClH/c18-15(14-9-5-10-16-12-14)17-11-4-8-13-6-2-1-3-7-13;/h1-3,6-7,14,16H,4-5,8-12H2,(H,17,18);1H. The van der Waals surface area contributed by atoms with Gasteiger partial charge in [0, 0.05) is 13.1 Å². The van der Waals surface area contributed by atoms with Crippen LogP contribution in [0.25, 0.3) is 0 Å². The molecule has 0 radical (unpaired) electrons. The van der Waals surface area contributed by atoms with Gasteiger partial charge in [-0.1, -0.05) is 30.3 Å². The fourth-order valence-corrected chi connectivity index (χ4v) is 2.37. The Balaban J connectivity index is 0.00000180. The number of hydrogen-bond donors (Lipinski definition) is 2. The van der Waals surface area contributed by atoms with E-state index in [1.807, 2.05) is 6.07 Å². The van der Waals surface area contributed by atoms with E-state index in [4.69, 9.17) is 0 Å². The third kappa shape index (κ3) is 5.62. The van der Waals surface area contributed by atoms with Crippen LogP contribution in [0.2, 0.25) is 0 Å². The van der Waals surface area contributed by atoms with Crippen LogP contribution in [0.3, 0.4) is 0 Å². The van der Waals surface area contributed by atoms with Crippen molar-refractivity contribution >= 4 is 18.3 Å². The Labute approximate surface area is 121 Å². The number of aryl methyl sites for hydroxylation is 1. The van der Waals surface area contributed by atoms with Crippen LogP contribution in [0.4, 0.5) is 0 Å². The summed E-state index contributed by atoms with van der Waals surface area (Å²) in [5.74, 6) is 0.394. The van der Waals surface area contributed by atoms with Crippen molar-refractivity contribution in [1.82, 2.24) is 10.6 Å². The van der Waals surface area contributed by atoms with Crippen molar-refractivity contribution in [2.24, 2.45) is 5.92 Å². The minimum absolute atomic E-state index is 0. The third-order valence-corrected chi connectivity index (χ3v) is 3.45. The molecule has 3 nitrogen and oxygen atoms in total. The molecule has 2 N–H and O–H groups in total. The molecule has 1 aliphatic heterocycles. The molecule has 1 atom stereocenters. The highest BCUT2D eigenvalue weighted by Gasteiger charge is 2.19. The number of hydrogen-bond acceptors (Lipinski definition) is 2. The maximum atomic E-state index is 11.9. The van der Waals surface area contributed by atoms with Gasteiger partial charge in [-0.05, 0) is 37.8 Å². The fourth-order valence-electron chi connectivity index (χ4n) is 2.37. The van der Waals surface area contributed by atoms with Crippen molar-refractivity contribution in [1.29, 1.82) is 0 Å². The predicted octanol–water partition coefficient (Wildman–Crippen LogP) is 2.16. The van der Waals surface area contributed by atoms with Crippen molar-refractivity contribution in [2.45, 2.75) is 25.7 Å². The van der Waals surface area contributed by atoms with Crippen molar-refractivity contribution < 1.29 is 4.79 Å². The molecule has 1 saturated heterocycles. The molecular weight excluding hydrogens is 260 g/mol. The van der Waals surface area contributed by atoms with Crippen molar-refractivity contribution in [3.63, 3.8) is 0 Å². The third-order valence-electron chi connectivity index (χ3n) is 3.45. The molecule has 1 aromatic rings. The molecule has 0 spiro atoms. The molecular formula is C15H23ClN2O. The molecule has 1 amide bonds. The molecule has 2 rings (SSSR count). The molecule has 1 aliphatic rings. The Morgan fingerprint density at radius 2 is 2.11 bits per heavy atom. The molecule has 0 bridgehead atoms. The van der Waals surface area contributed by atoms with Gasteiger partial charge >= 0.3 is 0 Å². The smallest absolute Gasteiger partial charge is 0.224 e. The lowest BCUT2D eigenvalue weighted by Gasteiger charge is -2.21. The van der Waals surface area contributed by atoms with E-state index < -0.39 is 0 Å². The Morgan fingerprint density at radius 1 is 1.32 bits per heavy atom. The summed E-state index contributed by atoms with van der Waals surface area (Å²) in [5, 5.41) is 6.31. The van der Waals surface area contributed by atoms with Crippen molar-refractivity contribution in [2.75, 3.05) is 19.6 Å². The molecule has 0 aliphatic carbocycles. The Kier molecular flexibility index (Phi) is 7.53. The van der Waals surface area contributed by atoms with Gasteiger partial charge in [-0.15, -0.1) is 12.4 Å². The number of piperidine rings is 1. The topological polar surface area (TPSA) is 41.1 Å². The first-order valence-corrected chi connectivity index (χ1v) is 6.88. The molecule has 0 aromatic heterocycles. The largest absolute Gasteiger partial charge is 0.356 e. The van der Waals surface area contributed by atoms with Crippen LogP contribution in [0.15, 0.2) is 30.3 Å². The molecule has 1 aromatic carbocycles. The molecule has 4 heteroatoms. The maximum absolute atomic E-state index is 11.9. The summed E-state index contributed by atoms with van der Waals surface area (Å²) in [6.45, 7) is 2.67. The molecule has 1 fully saturated rings. The number of benzene rings is 1. The van der Waals surface area contributed by atoms with Gasteiger partial charge in [-0.25, -0.2) is 0 Å². The summed E-state index contributed by atoms with van der Waals surface area (Å²) in [6.07, 6.45) is 4.18. The molecule has 1 unspecified atom stereocenters. The molecule has 0 saturated carbocycles. The highest BCUT2D eigenvalue weighted by atomic mass is 35.5. The number of halogens is 1. The van der Waals surface area contributed by atoms with Crippen LogP contribution in [-0.2, 0) is 11.2 Å². The summed E-state index contributed by atoms with van der Waals surface area (Å²) in [7, 11) is 0. The highest BCUT2D eigenvalue weighted by Crippen LogP contribution is 2.09. The van der Waals surface area contributed by atoms with E-state index in [9.17, 15) is 4.79 Å². The minimum Gasteiger partial charge on any atom is -0.356 e. The van der Waals surface area contributed by atoms with Gasteiger partial charge in [-0.2, -0.15) is 0 Å². The number of rotatable bonds is 5. The summed E-state index contributed by atoms with van der Waals surface area (Å²) < 4.78 is 0. The van der Waals surface area contributed by atoms with E-state index in [1.54, 1.807) is 0 Å². The van der Waals surface area contributed by atoms with E-state index in [1.165, 1.54) is 5.56 Å². The summed E-state index contributed by atoms with van der Waals surface area (Å²) in [4.78, 5) is 11.9. The Hall–Kier alpha value is -1.06. The zero-order valence-electron chi connectivity index (χ0n) is 11.2. The number of nitrogens with one attached hydrogen (secondary N) is 2. The van der Waals surface area contributed by atoms with Gasteiger partial charge < -0.3 is 10.6 Å². The maximum Gasteiger partial charge on any atom is 0.224 e. The minimum atomic E-state index is 0. The monoisotopic (exact) mass is 282 g/mol. The SMILES string of the molecule is Cl.O=C(NCCCc1ccccc1)C1CCCNC1. The van der Waals surface area contributed by atoms with E-state index in [0.717, 1.165) is 45.3 Å². The first-order valence-electron chi connectivity index (χ1n) is 6.88. The summed E-state index contributed by atoms with van der Waals surface area (Å²) >= 11 is 0. The number of carbonyl (C=O) groups is 1. The fraction of sp³-hybridized carbons (Fsp3) is 0.533. The van der Waals surface area contributed by atoms with Crippen molar-refractivity contribution in [3.8, 4) is 0 Å². The van der Waals surface area contributed by atoms with Crippen LogP contribution in [0.1, 0.15) is 24.8 Å². The van der Waals surface area contributed by atoms with Gasteiger partial charge in [0.05, 0.1) is 5.92 Å². The van der Waals surface area contributed by atoms with Crippen LogP contribution in [0, 0.1) is 5.92 Å². The van der Waals surface area contributed by atoms with Crippen LogP contribution in [-0.4, -0.2) is 25.5 Å². The zero-order chi connectivity index (χ0) is 12.6. The molecule has 1 heterocycles. The second-order valence-electron chi connectivity index (χ2n) is 4.92. The molecule has 19 heavy (non-hydrogen) atoms. The summed E-state index contributed by atoms with van der Waals surface area (Å²) in [6, 6.07) is 10.4. The van der Waals surface area contributed by atoms with E-state index >= 15 is 0 Å². The van der Waals surface area contributed by atoms with Gasteiger partial charge in [0.25, 0.3) is 0 Å². The van der Waals surface area contributed by atoms with Gasteiger partial charge in [0.2, 0.25) is 5.91 Å². The lowest BCUT2D eigenvalue weighted by molar-refractivity contribution is -0.125. The second-order valence-corrected chi connectivity index (χ2v) is 4.92. The lowest BCUT2D eigenvalue weighted by atomic mass is 9.99. The predicted molar refractivity (Wildman–Crippen MR) is 80.6 cm³/mol. The van der Waals surface area contributed by atoms with Crippen LogP contribution < -0.4 is 10.6 Å². The molecule has 106 valence electrons. The highest BCUT2D eigenvalue weighted by molar-refractivity contribution is 5.85. The summed E-state index contributed by atoms with van der Waals surface area (Å²) in [5.41, 5.74) is 1.34.